The Morgan fingerprint density at radius 1 is 1.06 bits per heavy atom. The molecule has 2 fully saturated rings. The first kappa shape index (κ1) is 26.1. The van der Waals surface area contributed by atoms with Crippen LogP contribution in [0.1, 0.15) is 60.1 Å². The molecule has 2 aliphatic rings. The topological polar surface area (TPSA) is 83.6 Å². The molecule has 2 aromatic rings. The monoisotopic (exact) mass is 526 g/mol. The number of nitrogens with zero attached hydrogens (tertiary/aromatic N) is 1. The lowest BCUT2D eigenvalue weighted by atomic mass is 9.99. The Labute approximate surface area is 206 Å². The van der Waals surface area contributed by atoms with Gasteiger partial charge in [-0.15, -0.1) is 0 Å². The fourth-order valence-corrected chi connectivity index (χ4v) is 5.34. The van der Waals surface area contributed by atoms with Gasteiger partial charge in [0.25, 0.3) is 5.91 Å². The molecule has 1 N–H and O–H groups in total. The Bertz CT molecular complexity index is 1290. The normalized spacial score (nSPS) is 21.3. The maximum absolute atomic E-state index is 14.7. The van der Waals surface area contributed by atoms with Gasteiger partial charge in [-0.3, -0.25) is 9.59 Å². The molecule has 1 aliphatic heterocycles. The van der Waals surface area contributed by atoms with E-state index in [0.717, 1.165) is 18.4 Å². The maximum Gasteiger partial charge on any atom is 0.416 e. The number of sulfone groups is 1. The van der Waals surface area contributed by atoms with Crippen LogP contribution >= 0.6 is 0 Å². The zero-order chi connectivity index (χ0) is 26.4. The Morgan fingerprint density at radius 3 is 2.33 bits per heavy atom. The highest BCUT2D eigenvalue weighted by atomic mass is 32.2. The largest absolute Gasteiger partial charge is 0.416 e. The molecule has 2 aromatic carbocycles. The van der Waals surface area contributed by atoms with Gasteiger partial charge in [-0.1, -0.05) is 12.1 Å². The van der Waals surface area contributed by atoms with Crippen molar-refractivity contribution in [1.82, 2.24) is 10.2 Å². The zero-order valence-corrected chi connectivity index (χ0v) is 20.5. The maximum atomic E-state index is 14.7. The molecule has 0 radical (unpaired) electrons. The summed E-state index contributed by atoms with van der Waals surface area (Å²) in [7, 11) is -3.55. The first-order valence-electron chi connectivity index (χ1n) is 11.6. The summed E-state index contributed by atoms with van der Waals surface area (Å²) < 4.78 is 77.4. The summed E-state index contributed by atoms with van der Waals surface area (Å²) in [5.41, 5.74) is -1.01. The van der Waals surface area contributed by atoms with Gasteiger partial charge >= 0.3 is 6.18 Å². The highest BCUT2D eigenvalue weighted by Gasteiger charge is 2.42. The molecule has 36 heavy (non-hydrogen) atoms. The van der Waals surface area contributed by atoms with Gasteiger partial charge in [-0.25, -0.2) is 12.8 Å². The van der Waals surface area contributed by atoms with Crippen LogP contribution in [0.4, 0.5) is 17.6 Å². The summed E-state index contributed by atoms with van der Waals surface area (Å²) in [6, 6.07) is 5.84. The molecule has 1 saturated carbocycles. The number of halogens is 4. The summed E-state index contributed by atoms with van der Waals surface area (Å²) in [6.45, 7) is 1.78. The van der Waals surface area contributed by atoms with Gasteiger partial charge in [0.2, 0.25) is 5.91 Å². The first-order valence-corrected chi connectivity index (χ1v) is 13.5. The molecule has 11 heteroatoms. The van der Waals surface area contributed by atoms with Crippen molar-refractivity contribution in [3.8, 4) is 0 Å². The summed E-state index contributed by atoms with van der Waals surface area (Å²) in [4.78, 5) is 28.0. The van der Waals surface area contributed by atoms with Gasteiger partial charge in [0.05, 0.1) is 16.5 Å². The van der Waals surface area contributed by atoms with E-state index in [-0.39, 0.29) is 28.0 Å². The van der Waals surface area contributed by atoms with Crippen LogP contribution in [0.3, 0.4) is 0 Å². The number of rotatable bonds is 6. The van der Waals surface area contributed by atoms with E-state index in [0.29, 0.717) is 31.7 Å². The molecule has 0 aromatic heterocycles. The van der Waals surface area contributed by atoms with E-state index in [1.807, 2.05) is 0 Å². The molecular formula is C25H26F4N2O4S. The van der Waals surface area contributed by atoms with Crippen LogP contribution in [0, 0.1) is 11.7 Å². The molecule has 2 amide bonds. The smallest absolute Gasteiger partial charge is 0.347 e. The van der Waals surface area contributed by atoms with Crippen molar-refractivity contribution in [3.63, 3.8) is 0 Å². The second-order valence-corrected chi connectivity index (χ2v) is 11.5. The van der Waals surface area contributed by atoms with Crippen LogP contribution < -0.4 is 5.32 Å². The predicted molar refractivity (Wildman–Crippen MR) is 123 cm³/mol. The molecule has 194 valence electrons. The Hall–Kier alpha value is -2.95. The van der Waals surface area contributed by atoms with Gasteiger partial charge in [-0.2, -0.15) is 13.2 Å². The minimum Gasteiger partial charge on any atom is -0.347 e. The molecule has 3 atom stereocenters. The van der Waals surface area contributed by atoms with E-state index >= 15 is 0 Å². The van der Waals surface area contributed by atoms with E-state index in [1.165, 1.54) is 29.2 Å². The third-order valence-corrected chi connectivity index (χ3v) is 7.88. The minimum atomic E-state index is -4.69. The summed E-state index contributed by atoms with van der Waals surface area (Å²) >= 11 is 0. The first-order chi connectivity index (χ1) is 16.8. The molecule has 0 bridgehead atoms. The Morgan fingerprint density at radius 2 is 1.75 bits per heavy atom. The minimum absolute atomic E-state index is 0.0206. The van der Waals surface area contributed by atoms with Gasteiger partial charge in [0.15, 0.2) is 9.84 Å². The molecule has 1 aliphatic carbocycles. The van der Waals surface area contributed by atoms with E-state index in [1.54, 1.807) is 6.92 Å². The van der Waals surface area contributed by atoms with Crippen LogP contribution in [-0.2, 0) is 20.8 Å². The lowest BCUT2D eigenvalue weighted by molar-refractivity contribution is -0.137. The van der Waals surface area contributed by atoms with Crippen molar-refractivity contribution < 1.29 is 35.6 Å². The second kappa shape index (κ2) is 9.49. The van der Waals surface area contributed by atoms with Crippen molar-refractivity contribution in [2.24, 2.45) is 5.92 Å². The summed E-state index contributed by atoms with van der Waals surface area (Å²) in [6.07, 6.45) is -1.41. The lowest BCUT2D eigenvalue weighted by Gasteiger charge is -2.30. The number of carbonyl (C=O) groups is 2. The second-order valence-electron chi connectivity index (χ2n) is 9.51. The predicted octanol–water partition coefficient (Wildman–Crippen LogP) is 4.51. The molecule has 6 nitrogen and oxygen atoms in total. The van der Waals surface area contributed by atoms with Crippen LogP contribution in [0.15, 0.2) is 47.4 Å². The van der Waals surface area contributed by atoms with Gasteiger partial charge in [0.1, 0.15) is 11.9 Å². The lowest BCUT2D eigenvalue weighted by Crippen LogP contribution is -2.49. The molecule has 0 spiro atoms. The van der Waals surface area contributed by atoms with Crippen molar-refractivity contribution >= 4 is 21.7 Å². The summed E-state index contributed by atoms with van der Waals surface area (Å²) in [5, 5.41) is 2.78. The Balaban J connectivity index is 1.57. The van der Waals surface area contributed by atoms with Gasteiger partial charge < -0.3 is 10.2 Å². The zero-order valence-electron chi connectivity index (χ0n) is 19.7. The van der Waals surface area contributed by atoms with Crippen molar-refractivity contribution in [1.29, 1.82) is 0 Å². The van der Waals surface area contributed by atoms with E-state index in [9.17, 15) is 35.6 Å². The van der Waals surface area contributed by atoms with E-state index < -0.39 is 51.3 Å². The number of carbonyl (C=O) groups excluding carboxylic acids is 2. The average Bonchev–Trinajstić information content (AvgIpc) is 3.57. The summed E-state index contributed by atoms with van der Waals surface area (Å²) in [5.74, 6) is -2.19. The van der Waals surface area contributed by atoms with Crippen molar-refractivity contribution in [3.05, 3.63) is 65.0 Å². The number of hydrogen-bond donors (Lipinski definition) is 1. The standard InChI is InChI=1S/C25H26F4N2O4S/c1-14-6-11-21(31(14)24(33)16-4-3-5-18(12-16)36(2,34)35)23(32)30-22(15-7-8-15)19-10-9-17(13-20(19)26)25(27,28)29/h3-5,9-10,12-15,21-22H,6-8,11H2,1-2H3,(H,30,32)/t14-,21-,22-/m1/s1. The van der Waals surface area contributed by atoms with Gasteiger partial charge in [-0.05, 0) is 68.9 Å². The quantitative estimate of drug-likeness (QED) is 0.562. The van der Waals surface area contributed by atoms with Crippen molar-refractivity contribution in [2.75, 3.05) is 6.26 Å². The van der Waals surface area contributed by atoms with E-state index in [2.05, 4.69) is 5.32 Å². The number of amides is 2. The van der Waals surface area contributed by atoms with Crippen LogP contribution in [0.25, 0.3) is 0 Å². The molecular weight excluding hydrogens is 500 g/mol. The SMILES string of the molecule is C[C@@H]1CC[C@H](C(=O)N[C@@H](c2ccc(C(F)(F)F)cc2F)C2CC2)N1C(=O)c1cccc(S(C)(=O)=O)c1. The van der Waals surface area contributed by atoms with E-state index in [4.69, 9.17) is 0 Å². The number of alkyl halides is 3. The van der Waals surface area contributed by atoms with Crippen LogP contribution in [0.5, 0.6) is 0 Å². The third-order valence-electron chi connectivity index (χ3n) is 6.77. The molecule has 0 unspecified atom stereocenters. The number of likely N-dealkylation sites (tertiary alicyclic amines) is 1. The highest BCUT2D eigenvalue weighted by Crippen LogP contribution is 2.43. The van der Waals surface area contributed by atoms with Gasteiger partial charge in [0, 0.05) is 23.4 Å². The number of benzene rings is 2. The highest BCUT2D eigenvalue weighted by molar-refractivity contribution is 7.90. The molecule has 1 saturated heterocycles. The average molecular weight is 527 g/mol. The number of nitrogens with one attached hydrogen (secondary N) is 1. The van der Waals surface area contributed by atoms with Crippen LogP contribution in [0.2, 0.25) is 0 Å². The van der Waals surface area contributed by atoms with Crippen molar-refractivity contribution in [2.45, 2.75) is 61.8 Å². The fourth-order valence-electron chi connectivity index (χ4n) is 4.68. The van der Waals surface area contributed by atoms with Crippen LogP contribution in [-0.4, -0.2) is 43.5 Å². The fraction of sp³-hybridized carbons (Fsp3) is 0.440. The third kappa shape index (κ3) is 5.40. The molecule has 1 heterocycles. The Kier molecular flexibility index (Phi) is 6.89. The number of hydrogen-bond acceptors (Lipinski definition) is 4. The molecule has 4 rings (SSSR count).